The van der Waals surface area contributed by atoms with E-state index < -0.39 is 12.2 Å². The number of carbonyl (C=O) groups is 2. The third-order valence-electron chi connectivity index (χ3n) is 4.45. The van der Waals surface area contributed by atoms with Crippen molar-refractivity contribution in [3.8, 4) is 0 Å². The van der Waals surface area contributed by atoms with E-state index in [0.717, 1.165) is 26.2 Å². The Bertz CT molecular complexity index is 521. The molecule has 2 N–H and O–H groups in total. The van der Waals surface area contributed by atoms with Crippen LogP contribution in [-0.2, 0) is 9.47 Å². The van der Waals surface area contributed by atoms with Crippen LogP contribution in [0, 0.1) is 0 Å². The van der Waals surface area contributed by atoms with E-state index in [1.165, 1.54) is 0 Å². The third kappa shape index (κ3) is 9.57. The first-order valence-electron chi connectivity index (χ1n) is 9.94. The lowest BCUT2D eigenvalue weighted by Gasteiger charge is -2.17. The van der Waals surface area contributed by atoms with Gasteiger partial charge in [0.25, 0.3) is 0 Å². The molecule has 158 valence electrons. The van der Waals surface area contributed by atoms with Gasteiger partial charge in [-0.3, -0.25) is 10.6 Å². The Morgan fingerprint density at radius 3 is 1.32 bits per heavy atom. The smallest absolute Gasteiger partial charge is 0.411 e. The number of amides is 2. The molecule has 0 radical (unpaired) electrons. The Hall–Kier alpha value is -2.32. The Labute approximate surface area is 168 Å². The molecule has 0 atom stereocenters. The second-order valence-electron chi connectivity index (χ2n) is 6.15. The largest absolute Gasteiger partial charge is 0.448 e. The molecule has 0 fully saturated rings. The Morgan fingerprint density at radius 2 is 1.04 bits per heavy atom. The predicted molar refractivity (Wildman–Crippen MR) is 112 cm³/mol. The van der Waals surface area contributed by atoms with Crippen molar-refractivity contribution in [1.29, 1.82) is 0 Å². The molecule has 0 aliphatic heterocycles. The van der Waals surface area contributed by atoms with Crippen molar-refractivity contribution in [2.75, 3.05) is 63.1 Å². The Balaban J connectivity index is 2.32. The number of hydrogen-bond acceptors (Lipinski definition) is 6. The fourth-order valence-electron chi connectivity index (χ4n) is 2.56. The number of benzene rings is 1. The summed E-state index contributed by atoms with van der Waals surface area (Å²) in [5.74, 6) is 0. The Kier molecular flexibility index (Phi) is 11.7. The van der Waals surface area contributed by atoms with Gasteiger partial charge in [0.1, 0.15) is 13.2 Å². The normalized spacial score (nSPS) is 10.8. The van der Waals surface area contributed by atoms with Crippen molar-refractivity contribution < 1.29 is 19.1 Å². The zero-order valence-corrected chi connectivity index (χ0v) is 17.5. The minimum Gasteiger partial charge on any atom is -0.448 e. The molecule has 1 rings (SSSR count). The molecule has 28 heavy (non-hydrogen) atoms. The van der Waals surface area contributed by atoms with Crippen LogP contribution in [0.25, 0.3) is 0 Å². The summed E-state index contributed by atoms with van der Waals surface area (Å²) in [4.78, 5) is 28.0. The van der Waals surface area contributed by atoms with Crippen molar-refractivity contribution in [2.45, 2.75) is 27.7 Å². The predicted octanol–water partition coefficient (Wildman–Crippen LogP) is 3.47. The summed E-state index contributed by atoms with van der Waals surface area (Å²) < 4.78 is 10.3. The van der Waals surface area contributed by atoms with Crippen LogP contribution in [-0.4, -0.2) is 74.5 Å². The number of carbonyl (C=O) groups excluding carboxylic acids is 2. The van der Waals surface area contributed by atoms with Gasteiger partial charge in [0.05, 0.1) is 0 Å². The number of hydrogen-bond donors (Lipinski definition) is 2. The van der Waals surface area contributed by atoms with Gasteiger partial charge in [0.15, 0.2) is 0 Å². The minimum absolute atomic E-state index is 0.340. The van der Waals surface area contributed by atoms with E-state index in [1.807, 2.05) is 0 Å². The van der Waals surface area contributed by atoms with Crippen molar-refractivity contribution >= 4 is 23.6 Å². The average molecular weight is 395 g/mol. The molecule has 8 heteroatoms. The summed E-state index contributed by atoms with van der Waals surface area (Å²) >= 11 is 0. The highest BCUT2D eigenvalue weighted by molar-refractivity contribution is 5.87. The zero-order valence-electron chi connectivity index (χ0n) is 17.5. The number of nitrogens with one attached hydrogen (secondary N) is 2. The maximum absolute atomic E-state index is 11.8. The van der Waals surface area contributed by atoms with Gasteiger partial charge in [-0.1, -0.05) is 27.7 Å². The summed E-state index contributed by atoms with van der Waals surface area (Å²) in [6.07, 6.45) is -0.993. The number of nitrogens with zero attached hydrogens (tertiary/aromatic N) is 2. The summed E-state index contributed by atoms with van der Waals surface area (Å²) in [5.41, 5.74) is 1.18. The van der Waals surface area contributed by atoms with E-state index >= 15 is 0 Å². The number of likely N-dealkylation sites (N-methyl/N-ethyl adjacent to an activating group) is 2. The molecule has 0 aliphatic carbocycles. The molecule has 1 aromatic carbocycles. The summed E-state index contributed by atoms with van der Waals surface area (Å²) in [6, 6.07) is 6.77. The van der Waals surface area contributed by atoms with Crippen molar-refractivity contribution in [2.24, 2.45) is 0 Å². The van der Waals surface area contributed by atoms with Crippen molar-refractivity contribution in [3.63, 3.8) is 0 Å². The monoisotopic (exact) mass is 394 g/mol. The molecule has 0 aliphatic rings. The van der Waals surface area contributed by atoms with E-state index in [1.54, 1.807) is 24.3 Å². The van der Waals surface area contributed by atoms with E-state index in [2.05, 4.69) is 48.1 Å². The molecule has 0 aromatic heterocycles. The van der Waals surface area contributed by atoms with Crippen LogP contribution in [0.3, 0.4) is 0 Å². The summed E-state index contributed by atoms with van der Waals surface area (Å²) in [6.45, 7) is 14.1. The van der Waals surface area contributed by atoms with Crippen LogP contribution in [0.5, 0.6) is 0 Å². The van der Waals surface area contributed by atoms with E-state index in [4.69, 9.17) is 9.47 Å². The zero-order chi connectivity index (χ0) is 20.8. The molecule has 0 unspecified atom stereocenters. The van der Waals surface area contributed by atoms with Crippen LogP contribution in [0.1, 0.15) is 27.7 Å². The molecule has 0 saturated heterocycles. The topological polar surface area (TPSA) is 83.1 Å². The highest BCUT2D eigenvalue weighted by atomic mass is 16.6. The lowest BCUT2D eigenvalue weighted by Crippen LogP contribution is -2.28. The van der Waals surface area contributed by atoms with Gasteiger partial charge >= 0.3 is 12.2 Å². The van der Waals surface area contributed by atoms with Gasteiger partial charge in [0, 0.05) is 24.5 Å². The van der Waals surface area contributed by atoms with Gasteiger partial charge in [-0.05, 0) is 50.4 Å². The molecule has 0 spiro atoms. The van der Waals surface area contributed by atoms with Crippen LogP contribution in [0.2, 0.25) is 0 Å². The van der Waals surface area contributed by atoms with E-state index in [0.29, 0.717) is 37.7 Å². The van der Waals surface area contributed by atoms with Crippen LogP contribution in [0.4, 0.5) is 21.0 Å². The highest BCUT2D eigenvalue weighted by Crippen LogP contribution is 2.14. The van der Waals surface area contributed by atoms with Gasteiger partial charge < -0.3 is 19.3 Å². The first-order chi connectivity index (χ1) is 13.5. The second kappa shape index (κ2) is 13.8. The molecular formula is C20H34N4O4. The molecule has 2 amide bonds. The minimum atomic E-state index is -0.497. The fourth-order valence-corrected chi connectivity index (χ4v) is 2.56. The van der Waals surface area contributed by atoms with Gasteiger partial charge in [-0.25, -0.2) is 9.59 Å². The van der Waals surface area contributed by atoms with Crippen LogP contribution < -0.4 is 10.6 Å². The van der Waals surface area contributed by atoms with E-state index in [-0.39, 0.29) is 0 Å². The van der Waals surface area contributed by atoms with Crippen molar-refractivity contribution in [3.05, 3.63) is 24.3 Å². The lowest BCUT2D eigenvalue weighted by atomic mass is 10.3. The SMILES string of the molecule is CCN(CC)CCOC(=O)Nc1ccc(NC(=O)OCCN(CC)CC)cc1. The standard InChI is InChI=1S/C20H34N4O4/c1-5-23(6-2)13-15-27-19(25)21-17-9-11-18(12-10-17)22-20(26)28-16-14-24(7-3)8-4/h9-12H,5-8,13-16H2,1-4H3,(H,21,25)(H,22,26). The number of ether oxygens (including phenoxy) is 2. The third-order valence-corrected chi connectivity index (χ3v) is 4.45. The van der Waals surface area contributed by atoms with E-state index in [9.17, 15) is 9.59 Å². The van der Waals surface area contributed by atoms with Gasteiger partial charge in [-0.2, -0.15) is 0 Å². The maximum atomic E-state index is 11.8. The fraction of sp³-hybridized carbons (Fsp3) is 0.600. The molecule has 0 saturated carbocycles. The summed E-state index contributed by atoms with van der Waals surface area (Å²) in [7, 11) is 0. The van der Waals surface area contributed by atoms with Crippen LogP contribution in [0.15, 0.2) is 24.3 Å². The average Bonchev–Trinajstić information content (AvgIpc) is 2.70. The molecule has 0 bridgehead atoms. The number of rotatable bonds is 12. The molecule has 1 aromatic rings. The van der Waals surface area contributed by atoms with Gasteiger partial charge in [0.2, 0.25) is 0 Å². The van der Waals surface area contributed by atoms with Crippen LogP contribution >= 0.6 is 0 Å². The Morgan fingerprint density at radius 1 is 0.714 bits per heavy atom. The first kappa shape index (κ1) is 23.7. The molecule has 0 heterocycles. The highest BCUT2D eigenvalue weighted by Gasteiger charge is 2.07. The summed E-state index contributed by atoms with van der Waals surface area (Å²) in [5, 5.41) is 5.33. The van der Waals surface area contributed by atoms with Gasteiger partial charge in [-0.15, -0.1) is 0 Å². The number of anilines is 2. The lowest BCUT2D eigenvalue weighted by molar-refractivity contribution is 0.142. The second-order valence-corrected chi connectivity index (χ2v) is 6.15. The maximum Gasteiger partial charge on any atom is 0.411 e. The first-order valence-corrected chi connectivity index (χ1v) is 9.94. The quantitative estimate of drug-likeness (QED) is 0.565. The van der Waals surface area contributed by atoms with Crippen molar-refractivity contribution in [1.82, 2.24) is 9.80 Å². The molecule has 8 nitrogen and oxygen atoms in total. The molecular weight excluding hydrogens is 360 g/mol.